The molecule has 0 amide bonds. The molecule has 2 unspecified atom stereocenters. The molecule has 1 heterocycles. The van der Waals surface area contributed by atoms with Gasteiger partial charge in [0.25, 0.3) is 0 Å². The molecule has 6 heteroatoms. The van der Waals surface area contributed by atoms with Crippen LogP contribution < -0.4 is 10.6 Å². The summed E-state index contributed by atoms with van der Waals surface area (Å²) in [7, 11) is 1.83. The van der Waals surface area contributed by atoms with E-state index < -0.39 is 0 Å². The Morgan fingerprint density at radius 3 is 2.88 bits per heavy atom. The van der Waals surface area contributed by atoms with E-state index in [-0.39, 0.29) is 0 Å². The minimum absolute atomic E-state index is 0.531. The van der Waals surface area contributed by atoms with E-state index in [2.05, 4.69) is 39.4 Å². The Labute approximate surface area is 152 Å². The number of nitrogens with one attached hydrogen (secondary N) is 2. The SMILES string of the molecule is CN=C(NCc1csc(-c2ccccc2)n1)NC1CCC(SC)C1. The minimum Gasteiger partial charge on any atom is -0.354 e. The quantitative estimate of drug-likeness (QED) is 0.630. The summed E-state index contributed by atoms with van der Waals surface area (Å²) in [6.45, 7) is 0.696. The molecule has 0 radical (unpaired) electrons. The van der Waals surface area contributed by atoms with Crippen molar-refractivity contribution in [1.29, 1.82) is 0 Å². The lowest BCUT2D eigenvalue weighted by atomic mass is 10.2. The molecular formula is C18H24N4S2. The van der Waals surface area contributed by atoms with Crippen LogP contribution in [0, 0.1) is 0 Å². The Morgan fingerprint density at radius 2 is 2.17 bits per heavy atom. The number of hydrogen-bond donors (Lipinski definition) is 2. The van der Waals surface area contributed by atoms with Gasteiger partial charge in [0.2, 0.25) is 0 Å². The highest BCUT2D eigenvalue weighted by Gasteiger charge is 2.24. The van der Waals surface area contributed by atoms with Gasteiger partial charge in [-0.15, -0.1) is 11.3 Å². The van der Waals surface area contributed by atoms with Crippen molar-refractivity contribution in [2.45, 2.75) is 37.1 Å². The molecular weight excluding hydrogens is 336 g/mol. The summed E-state index contributed by atoms with van der Waals surface area (Å²) >= 11 is 3.66. The number of aliphatic imine (C=N–C) groups is 1. The Balaban J connectivity index is 1.52. The summed E-state index contributed by atoms with van der Waals surface area (Å²) < 4.78 is 0. The summed E-state index contributed by atoms with van der Waals surface area (Å²) in [6, 6.07) is 10.8. The standard InChI is InChI=1S/C18H24N4S2/c1-19-18(22-14-8-9-16(10-14)23-2)20-11-15-12-24-17(21-15)13-6-4-3-5-7-13/h3-7,12,14,16H,8-11H2,1-2H3,(H2,19,20,22). The molecule has 2 aromatic rings. The molecule has 24 heavy (non-hydrogen) atoms. The van der Waals surface area contributed by atoms with E-state index in [1.165, 1.54) is 24.8 Å². The van der Waals surface area contributed by atoms with Crippen molar-refractivity contribution in [2.75, 3.05) is 13.3 Å². The van der Waals surface area contributed by atoms with Crippen LogP contribution in [0.5, 0.6) is 0 Å². The highest BCUT2D eigenvalue weighted by molar-refractivity contribution is 7.99. The van der Waals surface area contributed by atoms with E-state index in [0.29, 0.717) is 12.6 Å². The van der Waals surface area contributed by atoms with E-state index in [1.807, 2.05) is 37.0 Å². The molecule has 4 nitrogen and oxygen atoms in total. The predicted octanol–water partition coefficient (Wildman–Crippen LogP) is 3.76. The average Bonchev–Trinajstić information content (AvgIpc) is 3.28. The molecule has 128 valence electrons. The average molecular weight is 361 g/mol. The Morgan fingerprint density at radius 1 is 1.33 bits per heavy atom. The second-order valence-electron chi connectivity index (χ2n) is 5.95. The zero-order chi connectivity index (χ0) is 16.8. The zero-order valence-corrected chi connectivity index (χ0v) is 15.8. The molecule has 2 atom stereocenters. The lowest BCUT2D eigenvalue weighted by molar-refractivity contribution is 0.614. The van der Waals surface area contributed by atoms with Crippen molar-refractivity contribution in [3.63, 3.8) is 0 Å². The molecule has 1 aliphatic carbocycles. The maximum atomic E-state index is 4.71. The fraction of sp³-hybridized carbons (Fsp3) is 0.444. The second-order valence-corrected chi connectivity index (χ2v) is 7.94. The number of benzene rings is 1. The molecule has 1 saturated carbocycles. The van der Waals surface area contributed by atoms with Crippen LogP contribution in [-0.4, -0.2) is 35.5 Å². The number of aromatic nitrogens is 1. The van der Waals surface area contributed by atoms with E-state index in [0.717, 1.165) is 21.9 Å². The van der Waals surface area contributed by atoms with Crippen LogP contribution in [0.2, 0.25) is 0 Å². The van der Waals surface area contributed by atoms with Crippen molar-refractivity contribution in [1.82, 2.24) is 15.6 Å². The van der Waals surface area contributed by atoms with Gasteiger partial charge >= 0.3 is 0 Å². The first-order valence-electron chi connectivity index (χ1n) is 8.28. The van der Waals surface area contributed by atoms with Crippen LogP contribution in [0.15, 0.2) is 40.7 Å². The Kier molecular flexibility index (Phi) is 6.15. The lowest BCUT2D eigenvalue weighted by Gasteiger charge is -2.16. The number of thioether (sulfide) groups is 1. The van der Waals surface area contributed by atoms with Gasteiger partial charge in [-0.05, 0) is 25.5 Å². The van der Waals surface area contributed by atoms with Gasteiger partial charge in [0, 0.05) is 29.3 Å². The van der Waals surface area contributed by atoms with E-state index in [1.54, 1.807) is 11.3 Å². The molecule has 1 aromatic heterocycles. The van der Waals surface area contributed by atoms with Crippen molar-refractivity contribution in [2.24, 2.45) is 4.99 Å². The smallest absolute Gasteiger partial charge is 0.191 e. The first kappa shape index (κ1) is 17.3. The van der Waals surface area contributed by atoms with Gasteiger partial charge in [0.05, 0.1) is 12.2 Å². The maximum absolute atomic E-state index is 4.71. The third-order valence-corrected chi connectivity index (χ3v) is 6.33. The molecule has 1 aromatic carbocycles. The monoisotopic (exact) mass is 360 g/mol. The van der Waals surface area contributed by atoms with Crippen LogP contribution in [0.4, 0.5) is 0 Å². The first-order valence-corrected chi connectivity index (χ1v) is 10.4. The molecule has 0 saturated heterocycles. The van der Waals surface area contributed by atoms with E-state index >= 15 is 0 Å². The lowest BCUT2D eigenvalue weighted by Crippen LogP contribution is -2.42. The Hall–Kier alpha value is -1.53. The number of guanidine groups is 1. The van der Waals surface area contributed by atoms with Crippen LogP contribution in [-0.2, 0) is 6.54 Å². The van der Waals surface area contributed by atoms with Crippen molar-refractivity contribution >= 4 is 29.1 Å². The molecule has 1 fully saturated rings. The van der Waals surface area contributed by atoms with Crippen LogP contribution >= 0.6 is 23.1 Å². The largest absolute Gasteiger partial charge is 0.354 e. The molecule has 0 bridgehead atoms. The Bertz CT molecular complexity index is 669. The van der Waals surface area contributed by atoms with Gasteiger partial charge < -0.3 is 10.6 Å². The number of hydrogen-bond acceptors (Lipinski definition) is 4. The second kappa shape index (κ2) is 8.53. The third-order valence-electron chi connectivity index (χ3n) is 4.29. The number of thiazole rings is 1. The van der Waals surface area contributed by atoms with Crippen molar-refractivity contribution < 1.29 is 0 Å². The maximum Gasteiger partial charge on any atom is 0.191 e. The zero-order valence-electron chi connectivity index (χ0n) is 14.2. The van der Waals surface area contributed by atoms with Gasteiger partial charge in [0.15, 0.2) is 5.96 Å². The van der Waals surface area contributed by atoms with E-state index in [9.17, 15) is 0 Å². The van der Waals surface area contributed by atoms with Crippen LogP contribution in [0.3, 0.4) is 0 Å². The fourth-order valence-corrected chi connectivity index (χ4v) is 4.57. The summed E-state index contributed by atoms with van der Waals surface area (Å²) in [6.07, 6.45) is 5.94. The first-order chi connectivity index (χ1) is 11.8. The van der Waals surface area contributed by atoms with Gasteiger partial charge in [-0.25, -0.2) is 4.98 Å². The molecule has 3 rings (SSSR count). The highest BCUT2D eigenvalue weighted by atomic mass is 32.2. The topological polar surface area (TPSA) is 49.3 Å². The van der Waals surface area contributed by atoms with Crippen LogP contribution in [0.25, 0.3) is 10.6 Å². The van der Waals surface area contributed by atoms with E-state index in [4.69, 9.17) is 4.98 Å². The van der Waals surface area contributed by atoms with Crippen molar-refractivity contribution in [3.8, 4) is 10.6 Å². The predicted molar refractivity (Wildman–Crippen MR) is 106 cm³/mol. The molecule has 1 aliphatic rings. The minimum atomic E-state index is 0.531. The molecule has 0 aliphatic heterocycles. The highest BCUT2D eigenvalue weighted by Crippen LogP contribution is 2.28. The fourth-order valence-electron chi connectivity index (χ4n) is 2.95. The van der Waals surface area contributed by atoms with Gasteiger partial charge in [0.1, 0.15) is 5.01 Å². The van der Waals surface area contributed by atoms with Crippen molar-refractivity contribution in [3.05, 3.63) is 41.4 Å². The molecule has 0 spiro atoms. The summed E-state index contributed by atoms with van der Waals surface area (Å²) in [4.78, 5) is 9.06. The number of rotatable bonds is 5. The summed E-state index contributed by atoms with van der Waals surface area (Å²) in [5.41, 5.74) is 2.22. The normalized spacial score (nSPS) is 21.0. The van der Waals surface area contributed by atoms with Crippen LogP contribution in [0.1, 0.15) is 25.0 Å². The summed E-state index contributed by atoms with van der Waals surface area (Å²) in [5.74, 6) is 0.871. The molecule has 2 N–H and O–H groups in total. The third kappa shape index (κ3) is 4.51. The van der Waals surface area contributed by atoms with Gasteiger partial charge in [-0.3, -0.25) is 4.99 Å². The van der Waals surface area contributed by atoms with Gasteiger partial charge in [-0.2, -0.15) is 11.8 Å². The van der Waals surface area contributed by atoms with Gasteiger partial charge in [-0.1, -0.05) is 30.3 Å². The summed E-state index contributed by atoms with van der Waals surface area (Å²) in [5, 5.41) is 10.9. The number of nitrogens with zero attached hydrogens (tertiary/aromatic N) is 2.